The fourth-order valence-corrected chi connectivity index (χ4v) is 4.58. The smallest absolute Gasteiger partial charge is 0.0547 e. The highest BCUT2D eigenvalue weighted by molar-refractivity contribution is 6.28. The third kappa shape index (κ3) is 2.26. The largest absolute Gasteiger partial charge is 0.309 e. The third-order valence-corrected chi connectivity index (χ3v) is 5.84. The van der Waals surface area contributed by atoms with Crippen molar-refractivity contribution in [1.29, 1.82) is 5.41 Å². The molecule has 0 unspecified atom stereocenters. The monoisotopic (exact) mass is 370 g/mol. The van der Waals surface area contributed by atoms with Crippen LogP contribution in [0.3, 0.4) is 0 Å². The van der Waals surface area contributed by atoms with E-state index in [1.165, 1.54) is 49.6 Å². The van der Waals surface area contributed by atoms with Crippen molar-refractivity contribution < 1.29 is 0 Å². The zero-order valence-corrected chi connectivity index (χ0v) is 15.8. The molecule has 6 aromatic rings. The number of benzene rings is 5. The molecule has 1 N–H and O–H groups in total. The topological polar surface area (TPSA) is 28.8 Å². The Morgan fingerprint density at radius 3 is 1.76 bits per heavy atom. The molecule has 0 fully saturated rings. The molecular weight excluding hydrogens is 352 g/mol. The fourth-order valence-electron chi connectivity index (χ4n) is 4.58. The molecule has 0 saturated carbocycles. The lowest BCUT2D eigenvalue weighted by Gasteiger charge is -2.09. The Kier molecular flexibility index (Phi) is 3.35. The van der Waals surface area contributed by atoms with E-state index in [1.807, 2.05) is 12.1 Å². The highest BCUT2D eigenvalue weighted by Gasteiger charge is 2.16. The SMILES string of the molecule is N=Cc1cccc(-n2c3ccc4ccccc4c3c3c4ccccc4ccc32)c1. The number of hydrogen-bond donors (Lipinski definition) is 1. The number of aromatic nitrogens is 1. The maximum absolute atomic E-state index is 7.67. The van der Waals surface area contributed by atoms with Gasteiger partial charge in [-0.05, 0) is 51.4 Å². The van der Waals surface area contributed by atoms with Crippen LogP contribution in [0.15, 0.2) is 97.1 Å². The quantitative estimate of drug-likeness (QED) is 0.315. The first-order chi connectivity index (χ1) is 14.3. The van der Waals surface area contributed by atoms with E-state index in [-0.39, 0.29) is 0 Å². The van der Waals surface area contributed by atoms with E-state index in [0.717, 1.165) is 11.3 Å². The zero-order valence-electron chi connectivity index (χ0n) is 15.8. The number of rotatable bonds is 2. The number of hydrogen-bond acceptors (Lipinski definition) is 1. The van der Waals surface area contributed by atoms with Gasteiger partial charge >= 0.3 is 0 Å². The minimum absolute atomic E-state index is 0.902. The Balaban J connectivity index is 1.91. The molecule has 2 nitrogen and oxygen atoms in total. The van der Waals surface area contributed by atoms with E-state index in [9.17, 15) is 0 Å². The standard InChI is InChI=1S/C27H18N2/c28-17-18-6-5-9-21(16-18)29-24-14-12-19-7-1-3-10-22(19)26(24)27-23-11-4-2-8-20(23)13-15-25(27)29/h1-17,28H. The Morgan fingerprint density at radius 1 is 0.586 bits per heavy atom. The Morgan fingerprint density at radius 2 is 1.17 bits per heavy atom. The maximum Gasteiger partial charge on any atom is 0.0547 e. The van der Waals surface area contributed by atoms with Crippen LogP contribution in [0.2, 0.25) is 0 Å². The lowest BCUT2D eigenvalue weighted by molar-refractivity contribution is 1.18. The third-order valence-electron chi connectivity index (χ3n) is 5.84. The summed E-state index contributed by atoms with van der Waals surface area (Å²) < 4.78 is 2.33. The van der Waals surface area contributed by atoms with Crippen molar-refractivity contribution >= 4 is 49.6 Å². The summed E-state index contributed by atoms with van der Waals surface area (Å²) in [5, 5.41) is 15.3. The van der Waals surface area contributed by atoms with E-state index in [4.69, 9.17) is 5.41 Å². The molecule has 5 aromatic carbocycles. The van der Waals surface area contributed by atoms with Crippen molar-refractivity contribution in [3.63, 3.8) is 0 Å². The molecule has 2 heteroatoms. The maximum atomic E-state index is 7.67. The summed E-state index contributed by atoms with van der Waals surface area (Å²) in [5.41, 5.74) is 4.37. The van der Waals surface area contributed by atoms with Crippen molar-refractivity contribution in [2.75, 3.05) is 0 Å². The second-order valence-electron chi connectivity index (χ2n) is 7.44. The second-order valence-corrected chi connectivity index (χ2v) is 7.44. The van der Waals surface area contributed by atoms with Gasteiger partial charge in [0.15, 0.2) is 0 Å². The van der Waals surface area contributed by atoms with Crippen LogP contribution in [0.1, 0.15) is 5.56 Å². The molecule has 0 radical (unpaired) electrons. The Hall–Kier alpha value is -3.91. The molecule has 0 amide bonds. The van der Waals surface area contributed by atoms with Gasteiger partial charge in [0.2, 0.25) is 0 Å². The van der Waals surface area contributed by atoms with Crippen LogP contribution in [-0.4, -0.2) is 10.8 Å². The predicted octanol–water partition coefficient (Wildman–Crippen LogP) is 7.09. The molecule has 0 spiro atoms. The second kappa shape index (κ2) is 6.05. The summed E-state index contributed by atoms with van der Waals surface area (Å²) in [6.07, 6.45) is 1.40. The van der Waals surface area contributed by atoms with Gasteiger partial charge in [0, 0.05) is 22.7 Å². The number of fused-ring (bicyclic) bond motifs is 7. The van der Waals surface area contributed by atoms with Gasteiger partial charge in [-0.3, -0.25) is 0 Å². The van der Waals surface area contributed by atoms with Gasteiger partial charge in [-0.25, -0.2) is 0 Å². The first-order valence-corrected chi connectivity index (χ1v) is 9.80. The first kappa shape index (κ1) is 16.1. The van der Waals surface area contributed by atoms with Crippen molar-refractivity contribution in [1.82, 2.24) is 4.57 Å². The molecule has 0 aliphatic rings. The lowest BCUT2D eigenvalue weighted by Crippen LogP contribution is -1.95. The van der Waals surface area contributed by atoms with Crippen LogP contribution in [0.4, 0.5) is 0 Å². The van der Waals surface area contributed by atoms with Crippen LogP contribution in [0.5, 0.6) is 0 Å². The summed E-state index contributed by atoms with van der Waals surface area (Å²) in [4.78, 5) is 0. The summed E-state index contributed by atoms with van der Waals surface area (Å²) in [6.45, 7) is 0. The van der Waals surface area contributed by atoms with Crippen LogP contribution in [-0.2, 0) is 0 Å². The first-order valence-electron chi connectivity index (χ1n) is 9.80. The van der Waals surface area contributed by atoms with Crippen molar-refractivity contribution in [3.05, 3.63) is 103 Å². The van der Waals surface area contributed by atoms with Gasteiger partial charge < -0.3 is 9.98 Å². The molecular formula is C27H18N2. The molecule has 0 aliphatic carbocycles. The van der Waals surface area contributed by atoms with Crippen molar-refractivity contribution in [2.45, 2.75) is 0 Å². The van der Waals surface area contributed by atoms with Crippen LogP contribution in [0.25, 0.3) is 49.0 Å². The van der Waals surface area contributed by atoms with Gasteiger partial charge in [-0.1, -0.05) is 72.8 Å². The molecule has 0 aliphatic heterocycles. The Bertz CT molecular complexity index is 1480. The minimum atomic E-state index is 0.902. The predicted molar refractivity (Wildman–Crippen MR) is 124 cm³/mol. The van der Waals surface area contributed by atoms with E-state index in [1.54, 1.807) is 0 Å². The summed E-state index contributed by atoms with van der Waals surface area (Å²) in [5.74, 6) is 0. The molecule has 0 bridgehead atoms. The summed E-state index contributed by atoms with van der Waals surface area (Å²) >= 11 is 0. The normalized spacial score (nSPS) is 11.6. The molecule has 29 heavy (non-hydrogen) atoms. The van der Waals surface area contributed by atoms with E-state index < -0.39 is 0 Å². The minimum Gasteiger partial charge on any atom is -0.309 e. The van der Waals surface area contributed by atoms with Gasteiger partial charge in [-0.15, -0.1) is 0 Å². The molecule has 0 saturated heterocycles. The van der Waals surface area contributed by atoms with Crippen LogP contribution < -0.4 is 0 Å². The molecule has 136 valence electrons. The number of nitrogens with one attached hydrogen (secondary N) is 1. The van der Waals surface area contributed by atoms with Gasteiger partial charge in [0.1, 0.15) is 0 Å². The van der Waals surface area contributed by atoms with Gasteiger partial charge in [0.25, 0.3) is 0 Å². The van der Waals surface area contributed by atoms with Gasteiger partial charge in [-0.2, -0.15) is 0 Å². The van der Waals surface area contributed by atoms with Crippen LogP contribution >= 0.6 is 0 Å². The van der Waals surface area contributed by atoms with E-state index in [0.29, 0.717) is 0 Å². The highest BCUT2D eigenvalue weighted by atomic mass is 15.0. The molecule has 0 atom stereocenters. The van der Waals surface area contributed by atoms with Gasteiger partial charge in [0.05, 0.1) is 11.0 Å². The molecule has 1 aromatic heterocycles. The fraction of sp³-hybridized carbons (Fsp3) is 0. The lowest BCUT2D eigenvalue weighted by atomic mass is 10.00. The Labute approximate surface area is 168 Å². The van der Waals surface area contributed by atoms with Crippen molar-refractivity contribution in [2.24, 2.45) is 0 Å². The van der Waals surface area contributed by atoms with E-state index >= 15 is 0 Å². The highest BCUT2D eigenvalue weighted by Crippen LogP contribution is 2.40. The summed E-state index contributed by atoms with van der Waals surface area (Å²) in [6, 6.07) is 34.3. The zero-order chi connectivity index (χ0) is 19.4. The summed E-state index contributed by atoms with van der Waals surface area (Å²) in [7, 11) is 0. The van der Waals surface area contributed by atoms with E-state index in [2.05, 4.69) is 89.5 Å². The average Bonchev–Trinajstić information content (AvgIpc) is 3.14. The average molecular weight is 370 g/mol. The number of nitrogens with zero attached hydrogens (tertiary/aromatic N) is 1. The van der Waals surface area contributed by atoms with Crippen LogP contribution in [0, 0.1) is 5.41 Å². The molecule has 6 rings (SSSR count). The van der Waals surface area contributed by atoms with Crippen molar-refractivity contribution in [3.8, 4) is 5.69 Å². The molecule has 1 heterocycles.